The number of carbonyl (C=O) groups is 1. The van der Waals surface area contributed by atoms with Gasteiger partial charge in [-0.25, -0.2) is 4.79 Å². The highest BCUT2D eigenvalue weighted by atomic mass is 16.5. The molecular formula is C14H22N2O3. The predicted molar refractivity (Wildman–Crippen MR) is 75.5 cm³/mol. The van der Waals surface area contributed by atoms with Gasteiger partial charge in [-0.3, -0.25) is 0 Å². The summed E-state index contributed by atoms with van der Waals surface area (Å²) in [5, 5.41) is 0. The molecule has 0 unspecified atom stereocenters. The Morgan fingerprint density at radius 1 is 1.32 bits per heavy atom. The Bertz CT molecular complexity index is 417. The van der Waals surface area contributed by atoms with Gasteiger partial charge < -0.3 is 20.1 Å². The Labute approximate surface area is 114 Å². The van der Waals surface area contributed by atoms with Crippen LogP contribution in [0.4, 0.5) is 5.69 Å². The predicted octanol–water partition coefficient (Wildman–Crippen LogP) is 1.78. The Morgan fingerprint density at radius 3 is 2.53 bits per heavy atom. The van der Waals surface area contributed by atoms with Crippen LogP contribution in [0.1, 0.15) is 24.2 Å². The van der Waals surface area contributed by atoms with E-state index in [9.17, 15) is 4.79 Å². The van der Waals surface area contributed by atoms with E-state index in [1.54, 1.807) is 18.2 Å². The minimum Gasteiger partial charge on any atom is -0.490 e. The Morgan fingerprint density at radius 2 is 2.00 bits per heavy atom. The minimum absolute atomic E-state index is 0.401. The summed E-state index contributed by atoms with van der Waals surface area (Å²) >= 11 is 0. The minimum atomic E-state index is -0.401. The highest BCUT2D eigenvalue weighted by Crippen LogP contribution is 2.22. The van der Waals surface area contributed by atoms with E-state index in [1.165, 1.54) is 7.11 Å². The summed E-state index contributed by atoms with van der Waals surface area (Å²) < 4.78 is 10.3. The van der Waals surface area contributed by atoms with Gasteiger partial charge in [-0.15, -0.1) is 0 Å². The van der Waals surface area contributed by atoms with Gasteiger partial charge >= 0.3 is 5.97 Å². The van der Waals surface area contributed by atoms with Crippen molar-refractivity contribution >= 4 is 11.7 Å². The number of rotatable bonds is 7. The van der Waals surface area contributed by atoms with Crippen molar-refractivity contribution in [2.45, 2.75) is 13.8 Å². The van der Waals surface area contributed by atoms with Crippen molar-refractivity contribution in [1.29, 1.82) is 0 Å². The van der Waals surface area contributed by atoms with Gasteiger partial charge in [-0.1, -0.05) is 13.8 Å². The van der Waals surface area contributed by atoms with E-state index in [-0.39, 0.29) is 0 Å². The number of nitrogens with zero attached hydrogens (tertiary/aromatic N) is 1. The number of esters is 1. The first-order valence-electron chi connectivity index (χ1n) is 6.45. The van der Waals surface area contributed by atoms with Crippen LogP contribution in [-0.2, 0) is 4.74 Å². The normalized spacial score (nSPS) is 10.5. The van der Waals surface area contributed by atoms with E-state index in [0.29, 0.717) is 23.6 Å². The van der Waals surface area contributed by atoms with Gasteiger partial charge in [0, 0.05) is 6.54 Å². The molecule has 0 spiro atoms. The fraction of sp³-hybridized carbons (Fsp3) is 0.500. The van der Waals surface area contributed by atoms with E-state index in [4.69, 9.17) is 10.5 Å². The van der Waals surface area contributed by atoms with Gasteiger partial charge in [-0.2, -0.15) is 0 Å². The van der Waals surface area contributed by atoms with Gasteiger partial charge in [0.1, 0.15) is 12.4 Å². The van der Waals surface area contributed by atoms with Crippen LogP contribution in [0.2, 0.25) is 0 Å². The summed E-state index contributed by atoms with van der Waals surface area (Å²) in [4.78, 5) is 13.6. The number of carbonyl (C=O) groups excluding carboxylic acids is 1. The molecule has 0 saturated heterocycles. The number of methoxy groups -OCH3 is 1. The molecule has 5 heteroatoms. The lowest BCUT2D eigenvalue weighted by molar-refractivity contribution is 0.0600. The first kappa shape index (κ1) is 15.3. The summed E-state index contributed by atoms with van der Waals surface area (Å²) in [6.45, 7) is 7.65. The van der Waals surface area contributed by atoms with E-state index in [0.717, 1.165) is 19.6 Å². The smallest absolute Gasteiger partial charge is 0.337 e. The topological polar surface area (TPSA) is 64.8 Å². The molecule has 19 heavy (non-hydrogen) atoms. The zero-order valence-electron chi connectivity index (χ0n) is 11.8. The van der Waals surface area contributed by atoms with Crippen molar-refractivity contribution in [2.75, 3.05) is 39.1 Å². The molecule has 1 rings (SSSR count). The number of anilines is 1. The van der Waals surface area contributed by atoms with Gasteiger partial charge in [0.2, 0.25) is 0 Å². The SMILES string of the molecule is CCN(CC)CCOc1ccc(C(=O)OC)cc1N. The maximum Gasteiger partial charge on any atom is 0.337 e. The van der Waals surface area contributed by atoms with Crippen LogP contribution in [0, 0.1) is 0 Å². The Kier molecular flexibility index (Phi) is 6.15. The Balaban J connectivity index is 2.58. The fourth-order valence-corrected chi connectivity index (χ4v) is 1.75. The molecule has 0 heterocycles. The molecule has 0 fully saturated rings. The molecule has 1 aromatic rings. The van der Waals surface area contributed by atoms with E-state index in [2.05, 4.69) is 23.5 Å². The number of nitrogen functional groups attached to an aromatic ring is 1. The third-order valence-electron chi connectivity index (χ3n) is 2.99. The lowest BCUT2D eigenvalue weighted by Gasteiger charge is -2.18. The van der Waals surface area contributed by atoms with Crippen molar-refractivity contribution < 1.29 is 14.3 Å². The molecule has 0 atom stereocenters. The first-order chi connectivity index (χ1) is 9.12. The van der Waals surface area contributed by atoms with Gasteiger partial charge in [0.25, 0.3) is 0 Å². The number of ether oxygens (including phenoxy) is 2. The lowest BCUT2D eigenvalue weighted by Crippen LogP contribution is -2.28. The molecule has 0 bridgehead atoms. The van der Waals surface area contributed by atoms with Crippen molar-refractivity contribution in [2.24, 2.45) is 0 Å². The zero-order valence-corrected chi connectivity index (χ0v) is 11.8. The molecule has 0 saturated carbocycles. The number of hydrogen-bond donors (Lipinski definition) is 1. The summed E-state index contributed by atoms with van der Waals surface area (Å²) in [6.07, 6.45) is 0. The van der Waals surface area contributed by atoms with E-state index >= 15 is 0 Å². The molecule has 0 radical (unpaired) electrons. The van der Waals surface area contributed by atoms with Gasteiger partial charge in [0.05, 0.1) is 18.4 Å². The van der Waals surface area contributed by atoms with Crippen molar-refractivity contribution in [3.8, 4) is 5.75 Å². The average Bonchev–Trinajstić information content (AvgIpc) is 2.44. The fourth-order valence-electron chi connectivity index (χ4n) is 1.75. The molecule has 0 aromatic heterocycles. The second kappa shape index (κ2) is 7.63. The molecule has 106 valence electrons. The van der Waals surface area contributed by atoms with Crippen LogP contribution < -0.4 is 10.5 Å². The zero-order chi connectivity index (χ0) is 14.3. The number of benzene rings is 1. The van der Waals surface area contributed by atoms with Crippen LogP contribution >= 0.6 is 0 Å². The largest absolute Gasteiger partial charge is 0.490 e. The lowest BCUT2D eigenvalue weighted by atomic mass is 10.2. The molecule has 2 N–H and O–H groups in total. The molecule has 5 nitrogen and oxygen atoms in total. The molecule has 0 amide bonds. The number of hydrogen-bond acceptors (Lipinski definition) is 5. The number of nitrogens with two attached hydrogens (primary N) is 1. The van der Waals surface area contributed by atoms with Crippen LogP contribution in [0.25, 0.3) is 0 Å². The molecule has 0 aliphatic carbocycles. The average molecular weight is 266 g/mol. The van der Waals surface area contributed by atoms with Crippen LogP contribution in [0.5, 0.6) is 5.75 Å². The van der Waals surface area contributed by atoms with Crippen molar-refractivity contribution in [3.63, 3.8) is 0 Å². The van der Waals surface area contributed by atoms with Gasteiger partial charge in [-0.05, 0) is 31.3 Å². The van der Waals surface area contributed by atoms with Crippen LogP contribution in [0.3, 0.4) is 0 Å². The molecule has 0 aliphatic rings. The molecule has 1 aromatic carbocycles. The maximum atomic E-state index is 11.3. The van der Waals surface area contributed by atoms with Crippen LogP contribution in [-0.4, -0.2) is 44.2 Å². The maximum absolute atomic E-state index is 11.3. The second-order valence-corrected chi connectivity index (χ2v) is 4.12. The van der Waals surface area contributed by atoms with Gasteiger partial charge in [0.15, 0.2) is 0 Å². The molecular weight excluding hydrogens is 244 g/mol. The quantitative estimate of drug-likeness (QED) is 0.602. The van der Waals surface area contributed by atoms with Crippen molar-refractivity contribution in [1.82, 2.24) is 4.90 Å². The Hall–Kier alpha value is -1.75. The van der Waals surface area contributed by atoms with Crippen molar-refractivity contribution in [3.05, 3.63) is 23.8 Å². The van der Waals surface area contributed by atoms with Crippen LogP contribution in [0.15, 0.2) is 18.2 Å². The summed E-state index contributed by atoms with van der Waals surface area (Å²) in [6, 6.07) is 4.91. The van der Waals surface area contributed by atoms with E-state index < -0.39 is 5.97 Å². The third-order valence-corrected chi connectivity index (χ3v) is 2.99. The standard InChI is InChI=1S/C14H22N2O3/c1-4-16(5-2)8-9-19-13-7-6-11(10-12(13)15)14(17)18-3/h6-7,10H,4-5,8-9,15H2,1-3H3. The summed E-state index contributed by atoms with van der Waals surface area (Å²) in [7, 11) is 1.34. The third kappa shape index (κ3) is 4.44. The highest BCUT2D eigenvalue weighted by Gasteiger charge is 2.09. The van der Waals surface area contributed by atoms with E-state index in [1.807, 2.05) is 0 Å². The summed E-state index contributed by atoms with van der Waals surface area (Å²) in [5.74, 6) is 0.196. The number of likely N-dealkylation sites (N-methyl/N-ethyl adjacent to an activating group) is 1. The second-order valence-electron chi connectivity index (χ2n) is 4.12. The monoisotopic (exact) mass is 266 g/mol. The summed E-state index contributed by atoms with van der Waals surface area (Å²) in [5.41, 5.74) is 6.72. The first-order valence-corrected chi connectivity index (χ1v) is 6.45. The highest BCUT2D eigenvalue weighted by molar-refractivity contribution is 5.90. The molecule has 0 aliphatic heterocycles.